The number of aromatic amines is 1. The first-order valence-corrected chi connectivity index (χ1v) is 4.47. The lowest BCUT2D eigenvalue weighted by atomic mass is 10.2. The van der Waals surface area contributed by atoms with E-state index in [-0.39, 0.29) is 11.5 Å². The molecule has 1 aromatic carbocycles. The Balaban J connectivity index is 2.61. The van der Waals surface area contributed by atoms with Gasteiger partial charge in [-0.1, -0.05) is 15.9 Å². The van der Waals surface area contributed by atoms with E-state index in [9.17, 15) is 9.18 Å². The predicted octanol–water partition coefficient (Wildman–Crippen LogP) is 1.93. The molecule has 1 N–H and O–H groups in total. The molecule has 2 rings (SSSR count). The summed E-state index contributed by atoms with van der Waals surface area (Å²) in [5.41, 5.74) is 0.137. The molecule has 0 saturated heterocycles. The van der Waals surface area contributed by atoms with Gasteiger partial charge in [-0.3, -0.25) is 0 Å². The van der Waals surface area contributed by atoms with E-state index in [0.29, 0.717) is 4.47 Å². The summed E-state index contributed by atoms with van der Waals surface area (Å²) < 4.78 is 18.5. The molecule has 0 radical (unpaired) electrons. The van der Waals surface area contributed by atoms with Gasteiger partial charge in [-0.05, 0) is 18.2 Å². The number of hydrogen-bond donors (Lipinski definition) is 1. The van der Waals surface area contributed by atoms with E-state index in [1.165, 1.54) is 12.1 Å². The Morgan fingerprint density at radius 1 is 1.50 bits per heavy atom. The Morgan fingerprint density at radius 2 is 2.29 bits per heavy atom. The molecule has 0 aliphatic carbocycles. The molecule has 0 fully saturated rings. The third kappa shape index (κ3) is 1.60. The molecule has 1 aromatic heterocycles. The molecule has 0 aliphatic heterocycles. The Morgan fingerprint density at radius 3 is 2.93 bits per heavy atom. The summed E-state index contributed by atoms with van der Waals surface area (Å²) in [5.74, 6) is -1.27. The number of benzene rings is 1. The summed E-state index contributed by atoms with van der Waals surface area (Å²) in [6.45, 7) is 0. The van der Waals surface area contributed by atoms with Crippen molar-refractivity contribution in [1.29, 1.82) is 0 Å². The lowest BCUT2D eigenvalue weighted by Crippen LogP contribution is -1.93. The van der Waals surface area contributed by atoms with Crippen LogP contribution in [0.2, 0.25) is 0 Å². The van der Waals surface area contributed by atoms with Crippen LogP contribution in [0.5, 0.6) is 0 Å². The molecule has 0 saturated carbocycles. The van der Waals surface area contributed by atoms with Crippen molar-refractivity contribution >= 4 is 15.9 Å². The Kier molecular flexibility index (Phi) is 2.20. The Bertz CT molecular complexity index is 520. The van der Waals surface area contributed by atoms with Crippen LogP contribution in [0.15, 0.2) is 31.9 Å². The van der Waals surface area contributed by atoms with Crippen molar-refractivity contribution in [2.75, 3.05) is 0 Å². The standard InChI is InChI=1S/C8H4BrFN2O2/c9-4-1-2-6(10)5(3-4)7-11-12-8(13)14-7/h1-3H,(H,12,13). The maximum atomic E-state index is 13.2. The van der Waals surface area contributed by atoms with E-state index in [1.54, 1.807) is 6.07 Å². The molecule has 0 atom stereocenters. The number of nitrogens with zero attached hydrogens (tertiary/aromatic N) is 1. The normalized spacial score (nSPS) is 10.4. The van der Waals surface area contributed by atoms with E-state index in [2.05, 4.69) is 30.5 Å². The van der Waals surface area contributed by atoms with Crippen molar-refractivity contribution < 1.29 is 8.81 Å². The average Bonchev–Trinajstić information content (AvgIpc) is 2.56. The van der Waals surface area contributed by atoms with Gasteiger partial charge in [-0.25, -0.2) is 14.3 Å². The SMILES string of the molecule is O=c1[nH]nc(-c2cc(Br)ccc2F)o1. The first kappa shape index (κ1) is 9.14. The average molecular weight is 259 g/mol. The van der Waals surface area contributed by atoms with E-state index >= 15 is 0 Å². The van der Waals surface area contributed by atoms with Crippen LogP contribution < -0.4 is 5.76 Å². The van der Waals surface area contributed by atoms with Crippen molar-refractivity contribution in [2.24, 2.45) is 0 Å². The fourth-order valence-electron chi connectivity index (χ4n) is 1.01. The third-order valence-electron chi connectivity index (χ3n) is 1.60. The zero-order chi connectivity index (χ0) is 10.1. The van der Waals surface area contributed by atoms with Gasteiger partial charge in [0.15, 0.2) is 0 Å². The first-order chi connectivity index (χ1) is 6.66. The van der Waals surface area contributed by atoms with E-state index in [4.69, 9.17) is 0 Å². The predicted molar refractivity (Wildman–Crippen MR) is 50.2 cm³/mol. The van der Waals surface area contributed by atoms with Gasteiger partial charge < -0.3 is 4.42 Å². The number of rotatable bonds is 1. The minimum atomic E-state index is -0.709. The zero-order valence-electron chi connectivity index (χ0n) is 6.75. The van der Waals surface area contributed by atoms with Crippen molar-refractivity contribution in [1.82, 2.24) is 10.2 Å². The van der Waals surface area contributed by atoms with Crippen molar-refractivity contribution in [3.63, 3.8) is 0 Å². The summed E-state index contributed by atoms with van der Waals surface area (Å²) in [4.78, 5) is 10.6. The molecule has 0 spiro atoms. The molecule has 6 heteroatoms. The maximum Gasteiger partial charge on any atom is 0.434 e. The minimum absolute atomic E-state index is 0.0613. The van der Waals surface area contributed by atoms with E-state index in [1.807, 2.05) is 0 Å². The number of halogens is 2. The van der Waals surface area contributed by atoms with Crippen LogP contribution in [0.25, 0.3) is 11.5 Å². The maximum absolute atomic E-state index is 13.2. The number of H-pyrrole nitrogens is 1. The largest absolute Gasteiger partial charge is 0.434 e. The quantitative estimate of drug-likeness (QED) is 0.851. The van der Waals surface area contributed by atoms with E-state index < -0.39 is 11.6 Å². The first-order valence-electron chi connectivity index (χ1n) is 3.68. The highest BCUT2D eigenvalue weighted by Crippen LogP contribution is 2.23. The molecule has 4 nitrogen and oxygen atoms in total. The van der Waals surface area contributed by atoms with Crippen LogP contribution in [-0.4, -0.2) is 10.2 Å². The van der Waals surface area contributed by atoms with Gasteiger partial charge in [0.05, 0.1) is 5.56 Å². The molecule has 2 aromatic rings. The van der Waals surface area contributed by atoms with Gasteiger partial charge in [-0.2, -0.15) is 0 Å². The molecular weight excluding hydrogens is 255 g/mol. The van der Waals surface area contributed by atoms with Crippen molar-refractivity contribution in [3.05, 3.63) is 39.0 Å². The van der Waals surface area contributed by atoms with Crippen LogP contribution >= 0.6 is 15.9 Å². The van der Waals surface area contributed by atoms with Crippen molar-refractivity contribution in [3.8, 4) is 11.5 Å². The number of nitrogens with one attached hydrogen (secondary N) is 1. The number of hydrogen-bond acceptors (Lipinski definition) is 3. The molecule has 14 heavy (non-hydrogen) atoms. The zero-order valence-corrected chi connectivity index (χ0v) is 8.34. The highest BCUT2D eigenvalue weighted by molar-refractivity contribution is 9.10. The summed E-state index contributed by atoms with van der Waals surface area (Å²) >= 11 is 3.18. The topological polar surface area (TPSA) is 58.9 Å². The van der Waals surface area contributed by atoms with Gasteiger partial charge in [0.1, 0.15) is 5.82 Å². The number of aromatic nitrogens is 2. The lowest BCUT2D eigenvalue weighted by Gasteiger charge is -1.97. The van der Waals surface area contributed by atoms with Crippen LogP contribution in [0, 0.1) is 5.82 Å². The van der Waals surface area contributed by atoms with Gasteiger partial charge >= 0.3 is 5.76 Å². The fraction of sp³-hybridized carbons (Fsp3) is 0. The third-order valence-corrected chi connectivity index (χ3v) is 2.09. The summed E-state index contributed by atoms with van der Waals surface area (Å²) in [6, 6.07) is 4.28. The second-order valence-corrected chi connectivity index (χ2v) is 3.46. The van der Waals surface area contributed by atoms with E-state index in [0.717, 1.165) is 0 Å². The monoisotopic (exact) mass is 258 g/mol. The fourth-order valence-corrected chi connectivity index (χ4v) is 1.37. The minimum Gasteiger partial charge on any atom is -0.388 e. The highest BCUT2D eigenvalue weighted by Gasteiger charge is 2.11. The van der Waals surface area contributed by atoms with Gasteiger partial charge in [0, 0.05) is 4.47 Å². The van der Waals surface area contributed by atoms with Gasteiger partial charge in [0.25, 0.3) is 5.89 Å². The molecule has 1 heterocycles. The van der Waals surface area contributed by atoms with Gasteiger partial charge in [0.2, 0.25) is 0 Å². The molecule has 0 amide bonds. The smallest absolute Gasteiger partial charge is 0.388 e. The molecule has 0 unspecified atom stereocenters. The Hall–Kier alpha value is -1.43. The van der Waals surface area contributed by atoms with Crippen LogP contribution in [0.1, 0.15) is 0 Å². The van der Waals surface area contributed by atoms with Crippen LogP contribution in [0.3, 0.4) is 0 Å². The van der Waals surface area contributed by atoms with Gasteiger partial charge in [-0.15, -0.1) is 5.10 Å². The summed E-state index contributed by atoms with van der Waals surface area (Å²) in [6.07, 6.45) is 0. The lowest BCUT2D eigenvalue weighted by molar-refractivity contribution is 0.521. The second-order valence-electron chi connectivity index (χ2n) is 2.54. The Labute approximate surface area is 85.9 Å². The summed E-state index contributed by atoms with van der Waals surface area (Å²) in [7, 11) is 0. The highest BCUT2D eigenvalue weighted by atomic mass is 79.9. The van der Waals surface area contributed by atoms with Crippen LogP contribution in [-0.2, 0) is 0 Å². The van der Waals surface area contributed by atoms with Crippen molar-refractivity contribution in [2.45, 2.75) is 0 Å². The molecule has 0 aliphatic rings. The molecular formula is C8H4BrFN2O2. The van der Waals surface area contributed by atoms with Crippen LogP contribution in [0.4, 0.5) is 4.39 Å². The molecule has 72 valence electrons. The summed E-state index contributed by atoms with van der Waals surface area (Å²) in [5, 5.41) is 5.58. The molecule has 0 bridgehead atoms. The second kappa shape index (κ2) is 3.38.